The predicted molar refractivity (Wildman–Crippen MR) is 94.7 cm³/mol. The van der Waals surface area contributed by atoms with Crippen LogP contribution >= 0.6 is 0 Å². The molecule has 2 aromatic rings. The van der Waals surface area contributed by atoms with Crippen molar-refractivity contribution in [3.8, 4) is 0 Å². The molecule has 0 saturated carbocycles. The zero-order chi connectivity index (χ0) is 16.8. The number of hydrogen-bond acceptors (Lipinski definition) is 2. The molecule has 4 nitrogen and oxygen atoms in total. The van der Waals surface area contributed by atoms with Crippen molar-refractivity contribution in [2.75, 3.05) is 16.8 Å². The van der Waals surface area contributed by atoms with E-state index in [9.17, 15) is 9.59 Å². The summed E-state index contributed by atoms with van der Waals surface area (Å²) in [6.45, 7) is 4.85. The van der Waals surface area contributed by atoms with Crippen molar-refractivity contribution in [1.29, 1.82) is 0 Å². The molecule has 2 aliphatic heterocycles. The highest BCUT2D eigenvalue weighted by atomic mass is 16.2. The topological polar surface area (TPSA) is 49.4 Å². The number of hydrogen-bond donors (Lipinski definition) is 1. The maximum Gasteiger partial charge on any atom is 0.255 e. The molecule has 4 rings (SSSR count). The lowest BCUT2D eigenvalue weighted by Gasteiger charge is -2.26. The van der Waals surface area contributed by atoms with Gasteiger partial charge in [0.1, 0.15) is 0 Å². The van der Waals surface area contributed by atoms with Crippen molar-refractivity contribution in [3.05, 3.63) is 58.1 Å². The van der Waals surface area contributed by atoms with Crippen LogP contribution in [0.1, 0.15) is 39.0 Å². The van der Waals surface area contributed by atoms with E-state index in [1.807, 2.05) is 49.1 Å². The third kappa shape index (κ3) is 2.39. The molecule has 1 N–H and O–H groups in total. The van der Waals surface area contributed by atoms with E-state index in [2.05, 4.69) is 5.32 Å². The average molecular weight is 320 g/mol. The molecule has 0 atom stereocenters. The van der Waals surface area contributed by atoms with Gasteiger partial charge in [-0.2, -0.15) is 0 Å². The van der Waals surface area contributed by atoms with E-state index in [0.29, 0.717) is 12.0 Å². The number of amides is 2. The van der Waals surface area contributed by atoms with E-state index in [0.717, 1.165) is 41.9 Å². The Morgan fingerprint density at radius 3 is 2.67 bits per heavy atom. The lowest BCUT2D eigenvalue weighted by molar-refractivity contribution is -0.117. The molecule has 0 aliphatic carbocycles. The van der Waals surface area contributed by atoms with Crippen molar-refractivity contribution in [2.24, 2.45) is 0 Å². The average Bonchev–Trinajstić information content (AvgIpc) is 2.87. The van der Waals surface area contributed by atoms with Gasteiger partial charge in [-0.1, -0.05) is 6.07 Å². The van der Waals surface area contributed by atoms with Crippen LogP contribution in [0.4, 0.5) is 11.4 Å². The van der Waals surface area contributed by atoms with Gasteiger partial charge in [0, 0.05) is 17.8 Å². The van der Waals surface area contributed by atoms with E-state index >= 15 is 0 Å². The smallest absolute Gasteiger partial charge is 0.255 e. The number of benzene rings is 2. The molecule has 0 saturated heterocycles. The highest BCUT2D eigenvalue weighted by molar-refractivity contribution is 6.06. The molecule has 2 heterocycles. The third-order valence-corrected chi connectivity index (χ3v) is 5.04. The number of rotatable bonds is 2. The summed E-state index contributed by atoms with van der Waals surface area (Å²) >= 11 is 0. The number of nitrogens with zero attached hydrogens (tertiary/aromatic N) is 1. The first-order chi connectivity index (χ1) is 11.5. The highest BCUT2D eigenvalue weighted by Crippen LogP contribution is 2.38. The molecule has 2 aromatic carbocycles. The summed E-state index contributed by atoms with van der Waals surface area (Å²) in [5.74, 6) is 0.0609. The Balaban J connectivity index is 1.64. The fourth-order valence-electron chi connectivity index (χ4n) is 3.64. The van der Waals surface area contributed by atoms with E-state index in [1.54, 1.807) is 0 Å². The second-order valence-electron chi connectivity index (χ2n) is 6.72. The molecule has 0 radical (unpaired) electrons. The number of aryl methyl sites for hydroxylation is 3. The van der Waals surface area contributed by atoms with Crippen LogP contribution in [0, 0.1) is 13.8 Å². The summed E-state index contributed by atoms with van der Waals surface area (Å²) in [6, 6.07) is 9.68. The number of carbonyl (C=O) groups is 2. The van der Waals surface area contributed by atoms with Gasteiger partial charge in [0.05, 0.1) is 12.1 Å². The van der Waals surface area contributed by atoms with E-state index < -0.39 is 0 Å². The number of anilines is 2. The molecular weight excluding hydrogens is 300 g/mol. The van der Waals surface area contributed by atoms with Crippen molar-refractivity contribution in [1.82, 2.24) is 0 Å². The van der Waals surface area contributed by atoms with Crippen molar-refractivity contribution < 1.29 is 9.59 Å². The zero-order valence-electron chi connectivity index (χ0n) is 14.0. The predicted octanol–water partition coefficient (Wildman–Crippen LogP) is 3.39. The summed E-state index contributed by atoms with van der Waals surface area (Å²) in [5.41, 5.74) is 7.00. The Kier molecular flexibility index (Phi) is 3.41. The molecule has 2 aliphatic rings. The van der Waals surface area contributed by atoms with Gasteiger partial charge in [-0.25, -0.2) is 0 Å². The molecule has 0 unspecified atom stereocenters. The van der Waals surface area contributed by atoms with Gasteiger partial charge in [0.15, 0.2) is 0 Å². The Morgan fingerprint density at radius 1 is 1.08 bits per heavy atom. The lowest BCUT2D eigenvalue weighted by Crippen LogP contribution is -2.31. The van der Waals surface area contributed by atoms with Crippen molar-refractivity contribution in [3.63, 3.8) is 0 Å². The summed E-state index contributed by atoms with van der Waals surface area (Å²) in [6.07, 6.45) is 2.38. The monoisotopic (exact) mass is 320 g/mol. The van der Waals surface area contributed by atoms with Crippen LogP contribution in [0.3, 0.4) is 0 Å². The Morgan fingerprint density at radius 2 is 1.88 bits per heavy atom. The Bertz CT molecular complexity index is 870. The minimum absolute atomic E-state index is 0.109. The second-order valence-corrected chi connectivity index (χ2v) is 6.72. The number of carbonyl (C=O) groups excluding carboxylic acids is 2. The Hall–Kier alpha value is -2.62. The summed E-state index contributed by atoms with van der Waals surface area (Å²) in [7, 11) is 0. The van der Waals surface area contributed by atoms with Crippen molar-refractivity contribution in [2.45, 2.75) is 33.1 Å². The lowest BCUT2D eigenvalue weighted by atomic mass is 9.99. The van der Waals surface area contributed by atoms with Crippen molar-refractivity contribution >= 4 is 23.2 Å². The third-order valence-electron chi connectivity index (χ3n) is 5.04. The molecule has 122 valence electrons. The minimum Gasteiger partial charge on any atom is -0.322 e. The van der Waals surface area contributed by atoms with Gasteiger partial charge >= 0.3 is 0 Å². The molecule has 0 aromatic heterocycles. The van der Waals surface area contributed by atoms with E-state index in [1.165, 1.54) is 11.1 Å². The second kappa shape index (κ2) is 5.48. The largest absolute Gasteiger partial charge is 0.322 e. The molecule has 0 bridgehead atoms. The standard InChI is InChI=1S/C20H20N2O2/c1-12-5-6-15(8-13(12)2)20(24)21-17-9-14-4-3-7-22-18(23)11-16(10-17)19(14)22/h5-6,8-10H,3-4,7,11H2,1-2H3,(H,21,24). The molecule has 0 spiro atoms. The molecule has 24 heavy (non-hydrogen) atoms. The Labute approximate surface area is 141 Å². The van der Waals surface area contributed by atoms with Crippen LogP contribution in [-0.2, 0) is 17.6 Å². The van der Waals surface area contributed by atoms with Crippen LogP contribution in [0.25, 0.3) is 0 Å². The van der Waals surface area contributed by atoms with Crippen LogP contribution in [0.5, 0.6) is 0 Å². The van der Waals surface area contributed by atoms with Crippen LogP contribution in [0.15, 0.2) is 30.3 Å². The first-order valence-corrected chi connectivity index (χ1v) is 8.38. The van der Waals surface area contributed by atoms with Crippen LogP contribution < -0.4 is 10.2 Å². The van der Waals surface area contributed by atoms with Gasteiger partial charge in [0.2, 0.25) is 5.91 Å². The van der Waals surface area contributed by atoms with Crippen LogP contribution in [-0.4, -0.2) is 18.4 Å². The molecule has 0 fully saturated rings. The maximum atomic E-state index is 12.5. The molecule has 4 heteroatoms. The SMILES string of the molecule is Cc1ccc(C(=O)Nc2cc3c4c(c2)CC(=O)N4CCC3)cc1C. The first-order valence-electron chi connectivity index (χ1n) is 8.38. The van der Waals surface area contributed by atoms with Gasteiger partial charge in [0.25, 0.3) is 5.91 Å². The number of nitrogens with one attached hydrogen (secondary N) is 1. The van der Waals surface area contributed by atoms with Gasteiger partial charge in [-0.05, 0) is 73.2 Å². The zero-order valence-corrected chi connectivity index (χ0v) is 14.0. The minimum atomic E-state index is -0.109. The molecule has 2 amide bonds. The van der Waals surface area contributed by atoms with E-state index in [4.69, 9.17) is 0 Å². The summed E-state index contributed by atoms with van der Waals surface area (Å²) < 4.78 is 0. The van der Waals surface area contributed by atoms with Gasteiger partial charge in [-0.15, -0.1) is 0 Å². The molecular formula is C20H20N2O2. The fourth-order valence-corrected chi connectivity index (χ4v) is 3.64. The normalized spacial score (nSPS) is 15.4. The first kappa shape index (κ1) is 14.9. The highest BCUT2D eigenvalue weighted by Gasteiger charge is 2.32. The van der Waals surface area contributed by atoms with Gasteiger partial charge < -0.3 is 10.2 Å². The maximum absolute atomic E-state index is 12.5. The van der Waals surface area contributed by atoms with Gasteiger partial charge in [-0.3, -0.25) is 9.59 Å². The van der Waals surface area contributed by atoms with E-state index in [-0.39, 0.29) is 11.8 Å². The summed E-state index contributed by atoms with van der Waals surface area (Å²) in [4.78, 5) is 26.5. The quantitative estimate of drug-likeness (QED) is 0.922. The summed E-state index contributed by atoms with van der Waals surface area (Å²) in [5, 5.41) is 2.99. The van der Waals surface area contributed by atoms with Crippen LogP contribution in [0.2, 0.25) is 0 Å². The fraction of sp³-hybridized carbons (Fsp3) is 0.300.